The molecule has 1 aliphatic heterocycles. The van der Waals surface area contributed by atoms with Gasteiger partial charge in [-0.05, 0) is 37.2 Å². The summed E-state index contributed by atoms with van der Waals surface area (Å²) in [6.45, 7) is 0.939. The largest absolute Gasteiger partial charge is 0.388 e. The van der Waals surface area contributed by atoms with Crippen molar-refractivity contribution in [1.29, 1.82) is 0 Å². The molecule has 0 radical (unpaired) electrons. The molecule has 2 atom stereocenters. The van der Waals surface area contributed by atoms with Gasteiger partial charge < -0.3 is 9.88 Å². The number of hydrogen-bond acceptors (Lipinski definition) is 2. The first kappa shape index (κ1) is 9.94. The third kappa shape index (κ3) is 1.46. The molecule has 0 saturated heterocycles. The third-order valence-corrected chi connectivity index (χ3v) is 4.09. The van der Waals surface area contributed by atoms with Gasteiger partial charge in [0.05, 0.1) is 0 Å². The van der Waals surface area contributed by atoms with Crippen molar-refractivity contribution >= 4 is 5.69 Å². The van der Waals surface area contributed by atoms with E-state index in [4.69, 9.17) is 0 Å². The summed E-state index contributed by atoms with van der Waals surface area (Å²) in [6, 6.07) is 3.87. The van der Waals surface area contributed by atoms with E-state index in [0.29, 0.717) is 5.92 Å². The standard InChI is InChI=1S/C13H18N2O/c1-14-11-6-12-10-4-2-3-9(5-10)8-15(12)13(16)7-11/h6-7,9-10,14H,2-5,8H2,1H3/t9?,10-/m0/s1. The molecule has 3 heteroatoms. The number of anilines is 1. The minimum absolute atomic E-state index is 0.165. The molecule has 2 bridgehead atoms. The first-order valence-corrected chi connectivity index (χ1v) is 6.20. The van der Waals surface area contributed by atoms with Gasteiger partial charge >= 0.3 is 0 Å². The lowest BCUT2D eigenvalue weighted by Gasteiger charge is -2.37. The van der Waals surface area contributed by atoms with Crippen molar-refractivity contribution < 1.29 is 0 Å². The van der Waals surface area contributed by atoms with Crippen LogP contribution < -0.4 is 10.9 Å². The molecule has 1 fully saturated rings. The van der Waals surface area contributed by atoms with Crippen LogP contribution in [0.5, 0.6) is 0 Å². The molecule has 1 aromatic heterocycles. The molecule has 2 aliphatic rings. The van der Waals surface area contributed by atoms with Crippen LogP contribution in [-0.2, 0) is 6.54 Å². The van der Waals surface area contributed by atoms with E-state index < -0.39 is 0 Å². The molecule has 1 aromatic rings. The summed E-state index contributed by atoms with van der Waals surface area (Å²) in [4.78, 5) is 12.0. The van der Waals surface area contributed by atoms with Gasteiger partial charge in [0.25, 0.3) is 5.56 Å². The Morgan fingerprint density at radius 3 is 3.06 bits per heavy atom. The fourth-order valence-corrected chi connectivity index (χ4v) is 3.28. The summed E-state index contributed by atoms with van der Waals surface area (Å²) in [5.41, 5.74) is 2.38. The minimum atomic E-state index is 0.165. The second-order valence-corrected chi connectivity index (χ2v) is 5.10. The van der Waals surface area contributed by atoms with Gasteiger partial charge in [-0.1, -0.05) is 6.42 Å². The smallest absolute Gasteiger partial charge is 0.252 e. The SMILES string of the molecule is CNc1cc2n(c(=O)c1)CC1CCC[C@H]2C1. The van der Waals surface area contributed by atoms with E-state index in [1.807, 2.05) is 11.6 Å². The lowest BCUT2D eigenvalue weighted by Crippen LogP contribution is -2.35. The Bertz CT molecular complexity index is 463. The quantitative estimate of drug-likeness (QED) is 0.784. The maximum Gasteiger partial charge on any atom is 0.252 e. The first-order valence-electron chi connectivity index (χ1n) is 6.20. The van der Waals surface area contributed by atoms with E-state index in [0.717, 1.165) is 18.2 Å². The van der Waals surface area contributed by atoms with E-state index in [1.165, 1.54) is 31.4 Å². The second-order valence-electron chi connectivity index (χ2n) is 5.10. The summed E-state index contributed by atoms with van der Waals surface area (Å²) in [5.74, 6) is 1.36. The molecule has 0 amide bonds. The van der Waals surface area contributed by atoms with Crippen molar-refractivity contribution in [2.24, 2.45) is 5.92 Å². The van der Waals surface area contributed by atoms with Crippen molar-refractivity contribution in [3.8, 4) is 0 Å². The Morgan fingerprint density at radius 1 is 1.38 bits per heavy atom. The van der Waals surface area contributed by atoms with Crippen LogP contribution in [0.3, 0.4) is 0 Å². The molecular weight excluding hydrogens is 200 g/mol. The molecule has 1 saturated carbocycles. The second kappa shape index (κ2) is 3.65. The highest BCUT2D eigenvalue weighted by Gasteiger charge is 2.30. The Labute approximate surface area is 95.5 Å². The Balaban J connectivity index is 2.13. The van der Waals surface area contributed by atoms with Crippen LogP contribution in [0, 0.1) is 5.92 Å². The molecule has 86 valence electrons. The van der Waals surface area contributed by atoms with Gasteiger partial charge in [0.15, 0.2) is 0 Å². The zero-order valence-corrected chi connectivity index (χ0v) is 9.70. The van der Waals surface area contributed by atoms with Crippen LogP contribution in [-0.4, -0.2) is 11.6 Å². The van der Waals surface area contributed by atoms with E-state index >= 15 is 0 Å². The highest BCUT2D eigenvalue weighted by molar-refractivity contribution is 5.44. The van der Waals surface area contributed by atoms with Gasteiger partial charge in [-0.15, -0.1) is 0 Å². The number of nitrogens with zero attached hydrogens (tertiary/aromatic N) is 1. The fourth-order valence-electron chi connectivity index (χ4n) is 3.28. The predicted octanol–water partition coefficient (Wildman–Crippen LogP) is 2.18. The molecule has 0 aromatic carbocycles. The number of fused-ring (bicyclic) bond motifs is 4. The van der Waals surface area contributed by atoms with Gasteiger partial charge in [-0.2, -0.15) is 0 Å². The summed E-state index contributed by atoms with van der Waals surface area (Å²) in [7, 11) is 1.87. The van der Waals surface area contributed by atoms with Gasteiger partial charge in [-0.3, -0.25) is 4.79 Å². The number of hydrogen-bond donors (Lipinski definition) is 1. The van der Waals surface area contributed by atoms with E-state index in [-0.39, 0.29) is 5.56 Å². The van der Waals surface area contributed by atoms with Gasteiger partial charge in [0.1, 0.15) is 0 Å². The van der Waals surface area contributed by atoms with Gasteiger partial charge in [0.2, 0.25) is 0 Å². The first-order chi connectivity index (χ1) is 7.78. The Hall–Kier alpha value is -1.25. The fraction of sp³-hybridized carbons (Fsp3) is 0.615. The molecule has 1 unspecified atom stereocenters. The van der Waals surface area contributed by atoms with Crippen molar-refractivity contribution in [1.82, 2.24) is 4.57 Å². The van der Waals surface area contributed by atoms with Crippen molar-refractivity contribution in [3.05, 3.63) is 28.2 Å². The molecule has 3 nitrogen and oxygen atoms in total. The van der Waals surface area contributed by atoms with Crippen molar-refractivity contribution in [3.63, 3.8) is 0 Å². The maximum atomic E-state index is 12.0. The molecule has 1 aliphatic carbocycles. The van der Waals surface area contributed by atoms with Crippen LogP contribution >= 0.6 is 0 Å². The van der Waals surface area contributed by atoms with Gasteiger partial charge in [0, 0.05) is 31.0 Å². The van der Waals surface area contributed by atoms with Crippen LogP contribution in [0.1, 0.15) is 37.3 Å². The summed E-state index contributed by atoms with van der Waals surface area (Å²) >= 11 is 0. The minimum Gasteiger partial charge on any atom is -0.388 e. The van der Waals surface area contributed by atoms with Crippen LogP contribution in [0.2, 0.25) is 0 Å². The molecule has 3 rings (SSSR count). The number of pyridine rings is 1. The van der Waals surface area contributed by atoms with E-state index in [2.05, 4.69) is 11.4 Å². The topological polar surface area (TPSA) is 34.0 Å². The predicted molar refractivity (Wildman–Crippen MR) is 64.9 cm³/mol. The molecule has 2 heterocycles. The molecule has 16 heavy (non-hydrogen) atoms. The average molecular weight is 218 g/mol. The van der Waals surface area contributed by atoms with Gasteiger partial charge in [-0.25, -0.2) is 0 Å². The lowest BCUT2D eigenvalue weighted by molar-refractivity contribution is 0.240. The third-order valence-electron chi connectivity index (χ3n) is 4.09. The Morgan fingerprint density at radius 2 is 2.25 bits per heavy atom. The number of rotatable bonds is 1. The number of aromatic nitrogens is 1. The Kier molecular flexibility index (Phi) is 2.27. The normalized spacial score (nSPS) is 27.3. The zero-order chi connectivity index (χ0) is 11.1. The average Bonchev–Trinajstić information content (AvgIpc) is 2.31. The highest BCUT2D eigenvalue weighted by Crippen LogP contribution is 2.40. The van der Waals surface area contributed by atoms with Crippen LogP contribution in [0.25, 0.3) is 0 Å². The zero-order valence-electron chi connectivity index (χ0n) is 9.70. The van der Waals surface area contributed by atoms with Crippen molar-refractivity contribution in [2.45, 2.75) is 38.1 Å². The maximum absolute atomic E-state index is 12.0. The van der Waals surface area contributed by atoms with Crippen molar-refractivity contribution in [2.75, 3.05) is 12.4 Å². The summed E-state index contributed by atoms with van der Waals surface area (Å²) < 4.78 is 2.00. The van der Waals surface area contributed by atoms with E-state index in [9.17, 15) is 4.79 Å². The van der Waals surface area contributed by atoms with E-state index in [1.54, 1.807) is 6.07 Å². The monoisotopic (exact) mass is 218 g/mol. The van der Waals surface area contributed by atoms with Crippen LogP contribution in [0.15, 0.2) is 16.9 Å². The highest BCUT2D eigenvalue weighted by atomic mass is 16.1. The molecule has 0 spiro atoms. The lowest BCUT2D eigenvalue weighted by atomic mass is 9.77. The molecular formula is C13H18N2O. The summed E-state index contributed by atoms with van der Waals surface area (Å²) in [6.07, 6.45) is 5.17. The summed E-state index contributed by atoms with van der Waals surface area (Å²) in [5, 5.41) is 3.08. The van der Waals surface area contributed by atoms with Crippen LogP contribution in [0.4, 0.5) is 5.69 Å². The number of nitrogens with one attached hydrogen (secondary N) is 1. The molecule has 1 N–H and O–H groups in total.